The second kappa shape index (κ2) is 20.9. The highest BCUT2D eigenvalue weighted by Crippen LogP contribution is 2.42. The third-order valence-corrected chi connectivity index (χ3v) is 15.6. The van der Waals surface area contributed by atoms with E-state index in [1.807, 2.05) is 39.0 Å². The van der Waals surface area contributed by atoms with Crippen LogP contribution in [0.5, 0.6) is 5.75 Å². The topological polar surface area (TPSA) is 196 Å². The number of aromatic hydroxyl groups is 1. The molecule has 2 aromatic heterocycles. The van der Waals surface area contributed by atoms with Gasteiger partial charge in [0.2, 0.25) is 21.8 Å². The summed E-state index contributed by atoms with van der Waals surface area (Å²) in [6.45, 7) is 13.0. The number of carbonyl (C=O) groups is 4. The molecule has 3 aliphatic heterocycles. The van der Waals surface area contributed by atoms with Crippen molar-refractivity contribution in [2.24, 2.45) is 17.3 Å². The lowest BCUT2D eigenvalue weighted by atomic mass is 9.84. The Labute approximate surface area is 406 Å². The number of hydrogen-bond donors (Lipinski definition) is 3. The van der Waals surface area contributed by atoms with Crippen LogP contribution in [0.25, 0.3) is 33.3 Å². The monoisotopic (exact) mass is 970 g/mol. The first-order chi connectivity index (χ1) is 32.6. The largest absolute Gasteiger partial charge is 0.508 e. The maximum atomic E-state index is 14.8. The van der Waals surface area contributed by atoms with Gasteiger partial charge in [-0.05, 0) is 118 Å². The molecule has 2 fully saturated rings. The molecule has 2 aromatic carbocycles. The Balaban J connectivity index is 1.28. The van der Waals surface area contributed by atoms with E-state index in [0.29, 0.717) is 43.4 Å². The number of benzene rings is 2. The average Bonchev–Trinajstić information content (AvgIpc) is 3.93. The van der Waals surface area contributed by atoms with Crippen LogP contribution in [0.1, 0.15) is 83.7 Å². The number of pyridine rings is 1. The molecule has 69 heavy (non-hydrogen) atoms. The summed E-state index contributed by atoms with van der Waals surface area (Å²) in [6.07, 6.45) is 3.19. The van der Waals surface area contributed by atoms with Crippen LogP contribution in [0.15, 0.2) is 54.7 Å². The highest BCUT2D eigenvalue weighted by atomic mass is 32.2. The lowest BCUT2D eigenvalue weighted by Gasteiger charge is -2.37. The Morgan fingerprint density at radius 1 is 1.04 bits per heavy atom. The maximum Gasteiger partial charge on any atom is 0.324 e. The third-order valence-electron chi connectivity index (χ3n) is 13.7. The summed E-state index contributed by atoms with van der Waals surface area (Å²) in [7, 11) is 2.91. The van der Waals surface area contributed by atoms with Gasteiger partial charge in [0, 0.05) is 74.8 Å². The second-order valence-corrected chi connectivity index (χ2v) is 22.3. The van der Waals surface area contributed by atoms with Crippen molar-refractivity contribution in [3.8, 4) is 28.1 Å². The minimum Gasteiger partial charge on any atom is -0.508 e. The van der Waals surface area contributed by atoms with E-state index >= 15 is 0 Å². The van der Waals surface area contributed by atoms with Crippen molar-refractivity contribution in [2.75, 3.05) is 60.4 Å². The first kappa shape index (κ1) is 51.5. The van der Waals surface area contributed by atoms with Crippen LogP contribution in [0.3, 0.4) is 0 Å². The van der Waals surface area contributed by atoms with E-state index in [4.69, 9.17) is 14.5 Å². The number of phenols is 1. The van der Waals surface area contributed by atoms with Gasteiger partial charge in [-0.15, -0.1) is 0 Å². The van der Waals surface area contributed by atoms with Gasteiger partial charge in [0.05, 0.1) is 30.0 Å². The number of nitrogens with one attached hydrogen (secondary N) is 2. The number of hydrogen-bond acceptors (Lipinski definition) is 12. The molecule has 4 aromatic rings. The smallest absolute Gasteiger partial charge is 0.324 e. The molecule has 374 valence electrons. The van der Waals surface area contributed by atoms with Gasteiger partial charge in [0.1, 0.15) is 29.8 Å². The number of ether oxygens (including phenoxy) is 2. The summed E-state index contributed by atoms with van der Waals surface area (Å²) in [5.74, 6) is -3.21. The van der Waals surface area contributed by atoms with Crippen LogP contribution in [-0.4, -0.2) is 144 Å². The first-order valence-corrected chi connectivity index (χ1v) is 25.6. The predicted molar refractivity (Wildman–Crippen MR) is 264 cm³/mol. The number of carbonyl (C=O) groups excluding carboxylic acids is 4. The molecule has 7 rings (SSSR count). The van der Waals surface area contributed by atoms with Crippen LogP contribution in [-0.2, 0) is 58.1 Å². The molecular formula is C51H70N8O9S. The highest BCUT2D eigenvalue weighted by molar-refractivity contribution is 7.89. The van der Waals surface area contributed by atoms with Gasteiger partial charge in [0.15, 0.2) is 0 Å². The van der Waals surface area contributed by atoms with E-state index in [1.54, 1.807) is 44.4 Å². The zero-order chi connectivity index (χ0) is 50.1. The van der Waals surface area contributed by atoms with Crippen molar-refractivity contribution in [3.05, 3.63) is 71.5 Å². The second-order valence-electron chi connectivity index (χ2n) is 20.3. The van der Waals surface area contributed by atoms with Crippen molar-refractivity contribution < 1.29 is 42.2 Å². The van der Waals surface area contributed by atoms with Gasteiger partial charge in [-0.1, -0.05) is 39.8 Å². The molecule has 3 N–H and O–H groups in total. The number of likely N-dealkylation sites (N-methyl/N-ethyl adjacent to an activating group) is 1. The number of sulfonamides is 1. The Morgan fingerprint density at radius 3 is 2.49 bits per heavy atom. The van der Waals surface area contributed by atoms with Gasteiger partial charge in [-0.3, -0.25) is 34.1 Å². The zero-order valence-corrected chi connectivity index (χ0v) is 42.6. The molecule has 3 amide bonds. The molecule has 5 atom stereocenters. The maximum absolute atomic E-state index is 14.8. The number of aromatic nitrogens is 2. The van der Waals surface area contributed by atoms with E-state index in [9.17, 15) is 32.7 Å². The van der Waals surface area contributed by atoms with Crippen molar-refractivity contribution in [3.63, 3.8) is 0 Å². The molecule has 0 unspecified atom stereocenters. The number of rotatable bonds is 12. The number of fused-ring (bicyclic) bond motifs is 6. The van der Waals surface area contributed by atoms with Crippen molar-refractivity contribution in [2.45, 2.75) is 104 Å². The summed E-state index contributed by atoms with van der Waals surface area (Å²) >= 11 is 0. The Bertz CT molecular complexity index is 2680. The third kappa shape index (κ3) is 11.1. The number of hydrazine groups is 1. The van der Waals surface area contributed by atoms with Crippen LogP contribution in [0, 0.1) is 17.3 Å². The first-order valence-electron chi connectivity index (χ1n) is 24.0. The van der Waals surface area contributed by atoms with Gasteiger partial charge in [-0.2, -0.15) is 4.31 Å². The number of nitrogens with zero attached hydrogens (tertiary/aromatic N) is 6. The molecule has 6 bridgehead atoms. The number of aryl methyl sites for hydroxylation is 1. The standard InChI is InChI=1S/C51H70N8O9S/c1-11-58-43-17-16-34-26-39(43)40(46(58)38-14-12-19-52-44(38)32(4)67-10)27-51(5,6)29-68-50(64)41-15-13-20-59(54-41)49(63)42(24-33-22-36(34)25-37(60)23-33)53-47(61)45(31(2)3)56(9)48(62)35-18-21-57(28-35)69(65,66)30-55(7)8/h12,14,16-17,19,22-23,25-26,31-32,35,41-42,45,54,60H,11,13,15,18,20-21,24,27-30H2,1-10H3,(H,53,61)/t32-,35-,41-,42-,45-/m0/s1. The molecule has 17 nitrogen and oxygen atoms in total. The Hall–Kier alpha value is -5.40. The lowest BCUT2D eigenvalue weighted by molar-refractivity contribution is -0.155. The molecule has 2 saturated heterocycles. The number of cyclic esters (lactones) is 1. The average molecular weight is 971 g/mol. The van der Waals surface area contributed by atoms with E-state index in [0.717, 1.165) is 39.0 Å². The van der Waals surface area contributed by atoms with Crippen LogP contribution >= 0.6 is 0 Å². The number of phenolic OH excluding ortho intramolecular Hbond substituents is 1. The number of amides is 3. The van der Waals surface area contributed by atoms with E-state index in [2.05, 4.69) is 54.3 Å². The molecule has 0 aliphatic carbocycles. The van der Waals surface area contributed by atoms with Crippen LogP contribution in [0.2, 0.25) is 0 Å². The van der Waals surface area contributed by atoms with Gasteiger partial charge in [-0.25, -0.2) is 13.8 Å². The summed E-state index contributed by atoms with van der Waals surface area (Å²) < 4.78 is 41.6. The van der Waals surface area contributed by atoms with Crippen LogP contribution in [0.4, 0.5) is 0 Å². The van der Waals surface area contributed by atoms with E-state index in [-0.39, 0.29) is 56.3 Å². The molecule has 0 radical (unpaired) electrons. The van der Waals surface area contributed by atoms with Gasteiger partial charge >= 0.3 is 5.97 Å². The lowest BCUT2D eigenvalue weighted by Crippen LogP contribution is -2.62. The summed E-state index contributed by atoms with van der Waals surface area (Å²) in [5.41, 5.74) is 9.41. The Kier molecular flexibility index (Phi) is 15.6. The number of esters is 1. The fraction of sp³-hybridized carbons (Fsp3) is 0.549. The fourth-order valence-electron chi connectivity index (χ4n) is 10.3. The van der Waals surface area contributed by atoms with E-state index < -0.39 is 63.2 Å². The summed E-state index contributed by atoms with van der Waals surface area (Å²) in [4.78, 5) is 65.1. The molecule has 5 heterocycles. The molecule has 0 spiro atoms. The van der Waals surface area contributed by atoms with Gasteiger partial charge < -0.3 is 29.4 Å². The summed E-state index contributed by atoms with van der Waals surface area (Å²) in [5, 5.41) is 16.7. The van der Waals surface area contributed by atoms with Crippen molar-refractivity contribution in [1.29, 1.82) is 0 Å². The van der Waals surface area contributed by atoms with Crippen LogP contribution < -0.4 is 10.7 Å². The zero-order valence-electron chi connectivity index (χ0n) is 41.7. The normalized spacial score (nSPS) is 21.3. The number of methoxy groups -OCH3 is 1. The fourth-order valence-corrected chi connectivity index (χ4v) is 11.9. The minimum atomic E-state index is -3.63. The van der Waals surface area contributed by atoms with Crippen molar-refractivity contribution >= 4 is 44.6 Å². The highest BCUT2D eigenvalue weighted by Gasteiger charge is 2.41. The minimum absolute atomic E-state index is 0.00734. The molecular weight excluding hydrogens is 901 g/mol. The quantitative estimate of drug-likeness (QED) is 0.159. The predicted octanol–water partition coefficient (Wildman–Crippen LogP) is 5.11. The van der Waals surface area contributed by atoms with Crippen molar-refractivity contribution in [1.82, 2.24) is 39.4 Å². The van der Waals surface area contributed by atoms with Gasteiger partial charge in [0.25, 0.3) is 5.91 Å². The van der Waals surface area contributed by atoms with E-state index in [1.165, 1.54) is 21.3 Å². The molecule has 3 aliphatic rings. The molecule has 0 saturated carbocycles. The SMILES string of the molecule is CCn1c(-c2cccnc2[C@H](C)OC)c2c3cc(ccc31)-c1cc(O)cc(c1)C[C@H](NC(=O)[C@H](C(C)C)N(C)C(=O)[C@H]1CCN(S(=O)(=O)CN(C)C)C1)C(=O)N1CCC[C@H](N1)C(=O)OCC(C)(C)C2. The summed E-state index contributed by atoms with van der Waals surface area (Å²) in [6, 6.07) is 12.3. The Morgan fingerprint density at radius 2 is 1.80 bits per heavy atom. The molecule has 18 heteroatoms.